The molecule has 15 heavy (non-hydrogen) atoms. The maximum absolute atomic E-state index is 10.5. The quantitative estimate of drug-likeness (QED) is 0.429. The normalized spacial score (nSPS) is 8.67. The summed E-state index contributed by atoms with van der Waals surface area (Å²) in [6, 6.07) is 5.48. The minimum atomic E-state index is -1.23. The molecule has 0 aliphatic heterocycles. The number of carboxylic acid groups (broad SMARTS) is 2. The summed E-state index contributed by atoms with van der Waals surface area (Å²) in [6.45, 7) is 0. The van der Waals surface area contributed by atoms with Gasteiger partial charge in [0, 0.05) is 0 Å². The molecule has 0 saturated heterocycles. The number of rotatable bonds is 2. The maximum atomic E-state index is 10.5. The zero-order chi connectivity index (χ0) is 11.8. The van der Waals surface area contributed by atoms with E-state index in [1.54, 1.807) is 0 Å². The molecular formula is C8H8O7. The van der Waals surface area contributed by atoms with E-state index in [1.165, 1.54) is 24.3 Å². The topological polar surface area (TPSA) is 124 Å². The summed E-state index contributed by atoms with van der Waals surface area (Å²) >= 11 is 0. The van der Waals surface area contributed by atoms with Crippen LogP contribution in [0.2, 0.25) is 0 Å². The van der Waals surface area contributed by atoms with E-state index in [0.717, 1.165) is 0 Å². The fourth-order valence-electron chi connectivity index (χ4n) is 0.856. The Morgan fingerprint density at radius 2 is 1.20 bits per heavy atom. The molecule has 0 fully saturated rings. The standard InChI is InChI=1S/C8H6O4.H2O3/c9-7(10)5-3-1-2-4-6(5)8(11)12;1-3-2/h1-4H,(H,9,10)(H,11,12);1-2H. The van der Waals surface area contributed by atoms with Gasteiger partial charge in [-0.15, -0.1) is 0 Å². The first-order chi connectivity index (χ1) is 7.04. The molecule has 0 atom stereocenters. The van der Waals surface area contributed by atoms with Gasteiger partial charge in [-0.25, -0.2) is 20.1 Å². The van der Waals surface area contributed by atoms with Crippen molar-refractivity contribution < 1.29 is 35.4 Å². The molecule has 0 bridgehead atoms. The fourth-order valence-corrected chi connectivity index (χ4v) is 0.856. The number of hydrogen-bond acceptors (Lipinski definition) is 5. The average molecular weight is 216 g/mol. The molecule has 0 aliphatic carbocycles. The van der Waals surface area contributed by atoms with Crippen molar-refractivity contribution in [3.05, 3.63) is 35.4 Å². The van der Waals surface area contributed by atoms with Crippen LogP contribution in [0.4, 0.5) is 0 Å². The lowest BCUT2D eigenvalue weighted by molar-refractivity contribution is -0.465. The number of carbonyl (C=O) groups is 2. The van der Waals surface area contributed by atoms with Gasteiger partial charge in [0.2, 0.25) is 0 Å². The number of carboxylic acids is 2. The molecule has 1 rings (SSSR count). The van der Waals surface area contributed by atoms with Crippen molar-refractivity contribution in [1.29, 1.82) is 0 Å². The Balaban J connectivity index is 0.000000583. The van der Waals surface area contributed by atoms with Crippen LogP contribution in [0.1, 0.15) is 20.7 Å². The van der Waals surface area contributed by atoms with Gasteiger partial charge in [-0.2, -0.15) is 0 Å². The van der Waals surface area contributed by atoms with Crippen LogP contribution < -0.4 is 0 Å². The van der Waals surface area contributed by atoms with Gasteiger partial charge in [-0.1, -0.05) is 17.2 Å². The zero-order valence-electron chi connectivity index (χ0n) is 7.32. The number of hydrogen-bond donors (Lipinski definition) is 4. The lowest BCUT2D eigenvalue weighted by Crippen LogP contribution is -2.06. The molecule has 82 valence electrons. The average Bonchev–Trinajstić information content (AvgIpc) is 2.19. The van der Waals surface area contributed by atoms with Crippen molar-refractivity contribution in [3.63, 3.8) is 0 Å². The molecule has 7 nitrogen and oxygen atoms in total. The zero-order valence-corrected chi connectivity index (χ0v) is 7.32. The predicted octanol–water partition coefficient (Wildman–Crippen LogP) is 1.03. The largest absolute Gasteiger partial charge is 0.478 e. The van der Waals surface area contributed by atoms with Crippen molar-refractivity contribution in [2.45, 2.75) is 0 Å². The molecule has 0 unspecified atom stereocenters. The molecule has 0 heterocycles. The molecule has 1 aromatic rings. The fraction of sp³-hybridized carbons (Fsp3) is 0. The second-order valence-corrected chi connectivity index (χ2v) is 2.24. The predicted molar refractivity (Wildman–Crippen MR) is 46.7 cm³/mol. The third-order valence-electron chi connectivity index (χ3n) is 1.39. The van der Waals surface area contributed by atoms with Gasteiger partial charge in [0.25, 0.3) is 0 Å². The second-order valence-electron chi connectivity index (χ2n) is 2.24. The number of aromatic carboxylic acids is 2. The highest BCUT2D eigenvalue weighted by Crippen LogP contribution is 2.07. The van der Waals surface area contributed by atoms with Gasteiger partial charge in [-0.05, 0) is 12.1 Å². The van der Waals surface area contributed by atoms with Crippen LogP contribution in [-0.2, 0) is 5.04 Å². The Morgan fingerprint density at radius 1 is 0.933 bits per heavy atom. The highest BCUT2D eigenvalue weighted by molar-refractivity contribution is 6.01. The molecule has 0 amide bonds. The van der Waals surface area contributed by atoms with E-state index < -0.39 is 11.9 Å². The molecule has 0 radical (unpaired) electrons. The van der Waals surface area contributed by atoms with Crippen LogP contribution in [0.15, 0.2) is 24.3 Å². The van der Waals surface area contributed by atoms with Gasteiger partial charge >= 0.3 is 11.9 Å². The van der Waals surface area contributed by atoms with Gasteiger partial charge in [-0.3, -0.25) is 0 Å². The lowest BCUT2D eigenvalue weighted by Gasteiger charge is -1.98. The van der Waals surface area contributed by atoms with Crippen molar-refractivity contribution in [3.8, 4) is 0 Å². The summed E-state index contributed by atoms with van der Waals surface area (Å²) in [5.41, 5.74) is -0.380. The molecular weight excluding hydrogens is 208 g/mol. The van der Waals surface area contributed by atoms with Gasteiger partial charge in [0.05, 0.1) is 11.1 Å². The summed E-state index contributed by atoms with van der Waals surface area (Å²) in [5.74, 6) is -2.46. The molecule has 0 aromatic heterocycles. The third kappa shape index (κ3) is 4.18. The first-order valence-electron chi connectivity index (χ1n) is 3.55. The molecule has 1 aromatic carbocycles. The minimum absolute atomic E-state index is 0.190. The summed E-state index contributed by atoms with van der Waals surface area (Å²) in [4.78, 5) is 20.9. The Kier molecular flexibility index (Phi) is 5.64. The van der Waals surface area contributed by atoms with Crippen molar-refractivity contribution in [1.82, 2.24) is 0 Å². The lowest BCUT2D eigenvalue weighted by atomic mass is 10.1. The van der Waals surface area contributed by atoms with Crippen molar-refractivity contribution in [2.24, 2.45) is 0 Å². The van der Waals surface area contributed by atoms with E-state index in [4.69, 9.17) is 20.7 Å². The van der Waals surface area contributed by atoms with Crippen LogP contribution >= 0.6 is 0 Å². The SMILES string of the molecule is O=C(O)c1ccccc1C(=O)O.OOO. The molecule has 0 saturated carbocycles. The van der Waals surface area contributed by atoms with Gasteiger partial charge < -0.3 is 10.2 Å². The maximum Gasteiger partial charge on any atom is 0.336 e. The Labute approximate surface area is 83.6 Å². The van der Waals surface area contributed by atoms with Crippen LogP contribution in [0.25, 0.3) is 0 Å². The van der Waals surface area contributed by atoms with Crippen molar-refractivity contribution in [2.75, 3.05) is 0 Å². The van der Waals surface area contributed by atoms with Gasteiger partial charge in [0.1, 0.15) is 0 Å². The summed E-state index contributed by atoms with van der Waals surface area (Å²) in [6.07, 6.45) is 0. The minimum Gasteiger partial charge on any atom is -0.478 e. The highest BCUT2D eigenvalue weighted by Gasteiger charge is 2.13. The molecule has 0 spiro atoms. The van der Waals surface area contributed by atoms with E-state index in [9.17, 15) is 9.59 Å². The molecule has 4 N–H and O–H groups in total. The monoisotopic (exact) mass is 216 g/mol. The Bertz CT molecular complexity index is 314. The Morgan fingerprint density at radius 3 is 1.40 bits per heavy atom. The van der Waals surface area contributed by atoms with E-state index >= 15 is 0 Å². The summed E-state index contributed by atoms with van der Waals surface area (Å²) in [7, 11) is 0. The van der Waals surface area contributed by atoms with Crippen LogP contribution in [0.5, 0.6) is 0 Å². The third-order valence-corrected chi connectivity index (χ3v) is 1.39. The first-order valence-corrected chi connectivity index (χ1v) is 3.55. The summed E-state index contributed by atoms with van der Waals surface area (Å²) < 4.78 is 0. The smallest absolute Gasteiger partial charge is 0.336 e. The number of benzene rings is 1. The highest BCUT2D eigenvalue weighted by atomic mass is 17.4. The van der Waals surface area contributed by atoms with Crippen LogP contribution in [0.3, 0.4) is 0 Å². The van der Waals surface area contributed by atoms with E-state index in [2.05, 4.69) is 5.04 Å². The van der Waals surface area contributed by atoms with Crippen molar-refractivity contribution >= 4 is 11.9 Å². The molecule has 0 aliphatic rings. The van der Waals surface area contributed by atoms with Crippen LogP contribution in [0, 0.1) is 0 Å². The first kappa shape index (κ1) is 13.0. The van der Waals surface area contributed by atoms with E-state index in [-0.39, 0.29) is 11.1 Å². The molecule has 7 heteroatoms. The van der Waals surface area contributed by atoms with E-state index in [1.807, 2.05) is 0 Å². The Hall–Kier alpha value is -1.96. The summed E-state index contributed by atoms with van der Waals surface area (Å²) in [5, 5.41) is 32.6. The second kappa shape index (κ2) is 6.49. The van der Waals surface area contributed by atoms with Crippen LogP contribution in [-0.4, -0.2) is 32.7 Å². The van der Waals surface area contributed by atoms with Gasteiger partial charge in [0.15, 0.2) is 0 Å². The van der Waals surface area contributed by atoms with E-state index in [0.29, 0.717) is 0 Å².